The lowest BCUT2D eigenvalue weighted by Gasteiger charge is -2.17. The minimum atomic E-state index is -0.953. The van der Waals surface area contributed by atoms with Crippen molar-refractivity contribution in [1.82, 2.24) is 0 Å². The summed E-state index contributed by atoms with van der Waals surface area (Å²) in [4.78, 5) is 36.6. The lowest BCUT2D eigenvalue weighted by atomic mass is 9.95. The van der Waals surface area contributed by atoms with Crippen LogP contribution in [0.25, 0.3) is 11.1 Å². The van der Waals surface area contributed by atoms with E-state index in [0.29, 0.717) is 11.1 Å². The molecular weight excluding hydrogens is 395 g/mol. The van der Waals surface area contributed by atoms with Gasteiger partial charge in [0, 0.05) is 6.92 Å². The third-order valence-corrected chi connectivity index (χ3v) is 4.49. The van der Waals surface area contributed by atoms with E-state index in [1.807, 2.05) is 0 Å². The van der Waals surface area contributed by atoms with Crippen molar-refractivity contribution >= 4 is 41.1 Å². The number of cyclic esters (lactones) is 2. The highest BCUT2D eigenvalue weighted by Gasteiger charge is 2.28. The summed E-state index contributed by atoms with van der Waals surface area (Å²) in [7, 11) is 0. The first kappa shape index (κ1) is 19.2. The summed E-state index contributed by atoms with van der Waals surface area (Å²) >= 11 is 12.5. The van der Waals surface area contributed by atoms with Crippen LogP contribution in [0.2, 0.25) is 10.0 Å². The van der Waals surface area contributed by atoms with Crippen LogP contribution in [0, 0.1) is 0 Å². The molecule has 0 spiro atoms. The van der Waals surface area contributed by atoms with E-state index in [2.05, 4.69) is 0 Å². The van der Waals surface area contributed by atoms with E-state index >= 15 is 0 Å². The van der Waals surface area contributed by atoms with E-state index in [9.17, 15) is 14.4 Å². The summed E-state index contributed by atoms with van der Waals surface area (Å²) in [6.07, 6.45) is -0.953. The zero-order valence-electron chi connectivity index (χ0n) is 14.2. The van der Waals surface area contributed by atoms with Crippen molar-refractivity contribution < 1.29 is 28.6 Å². The molecule has 2 aromatic rings. The first-order valence-electron chi connectivity index (χ1n) is 7.97. The minimum Gasteiger partial charge on any atom is -0.458 e. The number of rotatable bonds is 1. The molecule has 6 nitrogen and oxygen atoms in total. The van der Waals surface area contributed by atoms with Crippen LogP contribution < -0.4 is 0 Å². The largest absolute Gasteiger partial charge is 0.458 e. The molecule has 0 bridgehead atoms. The minimum absolute atomic E-state index is 0.0824. The number of carbonyl (C=O) groups excluding carboxylic acids is 3. The zero-order chi connectivity index (χ0) is 19.6. The topological polar surface area (TPSA) is 78.9 Å². The van der Waals surface area contributed by atoms with Gasteiger partial charge in [-0.05, 0) is 23.3 Å². The second-order valence-electron chi connectivity index (χ2n) is 5.75. The third-order valence-electron chi connectivity index (χ3n) is 3.86. The maximum absolute atomic E-state index is 12.7. The number of benzene rings is 2. The van der Waals surface area contributed by atoms with Gasteiger partial charge in [0.2, 0.25) is 0 Å². The number of hydrogen-bond donors (Lipinski definition) is 0. The van der Waals surface area contributed by atoms with Gasteiger partial charge in [0.05, 0.1) is 21.2 Å². The SMILES string of the molecule is CC(=O)OC1COC(=O)c2c(Cl)cccc2-c2cccc(Cl)c2C(=O)OC1. The van der Waals surface area contributed by atoms with Crippen molar-refractivity contribution in [2.45, 2.75) is 13.0 Å². The Hall–Kier alpha value is -2.57. The number of fused-ring (bicyclic) bond motifs is 3. The summed E-state index contributed by atoms with van der Waals surface area (Å²) < 4.78 is 15.5. The first-order valence-corrected chi connectivity index (χ1v) is 8.73. The van der Waals surface area contributed by atoms with E-state index in [4.69, 9.17) is 37.4 Å². The molecule has 1 heterocycles. The Kier molecular flexibility index (Phi) is 5.68. The molecular formula is C19H14Cl2O6. The number of halogens is 2. The van der Waals surface area contributed by atoms with Crippen LogP contribution in [0.4, 0.5) is 0 Å². The molecule has 8 heteroatoms. The molecule has 0 unspecified atom stereocenters. The Morgan fingerprint density at radius 3 is 1.78 bits per heavy atom. The molecule has 1 aliphatic heterocycles. The fourth-order valence-electron chi connectivity index (χ4n) is 2.74. The molecule has 27 heavy (non-hydrogen) atoms. The Morgan fingerprint density at radius 2 is 1.37 bits per heavy atom. The van der Waals surface area contributed by atoms with Crippen LogP contribution in [0.5, 0.6) is 0 Å². The third kappa shape index (κ3) is 4.07. The molecule has 2 aromatic carbocycles. The van der Waals surface area contributed by atoms with Gasteiger partial charge in [0.1, 0.15) is 13.2 Å². The molecule has 0 amide bonds. The Morgan fingerprint density at radius 1 is 0.926 bits per heavy atom. The number of hydrogen-bond acceptors (Lipinski definition) is 6. The van der Waals surface area contributed by atoms with E-state index in [0.717, 1.165) is 0 Å². The number of esters is 3. The van der Waals surface area contributed by atoms with Crippen LogP contribution in [0.3, 0.4) is 0 Å². The van der Waals surface area contributed by atoms with Gasteiger partial charge >= 0.3 is 17.9 Å². The van der Waals surface area contributed by atoms with E-state index in [-0.39, 0.29) is 34.4 Å². The van der Waals surface area contributed by atoms with E-state index in [1.165, 1.54) is 19.1 Å². The monoisotopic (exact) mass is 408 g/mol. The molecule has 0 saturated carbocycles. The van der Waals surface area contributed by atoms with Gasteiger partial charge in [-0.2, -0.15) is 0 Å². The molecule has 0 saturated heterocycles. The second kappa shape index (κ2) is 7.98. The highest BCUT2D eigenvalue weighted by molar-refractivity contribution is 6.35. The Bertz CT molecular complexity index is 857. The molecule has 1 aliphatic rings. The van der Waals surface area contributed by atoms with Gasteiger partial charge in [0.25, 0.3) is 0 Å². The molecule has 0 radical (unpaired) electrons. The summed E-state index contributed by atoms with van der Waals surface area (Å²) in [6.45, 7) is 0.619. The highest BCUT2D eigenvalue weighted by Crippen LogP contribution is 2.35. The van der Waals surface area contributed by atoms with Crippen LogP contribution >= 0.6 is 23.2 Å². The van der Waals surface area contributed by atoms with Gasteiger partial charge in [-0.25, -0.2) is 9.59 Å². The fourth-order valence-corrected chi connectivity index (χ4v) is 3.25. The van der Waals surface area contributed by atoms with Crippen molar-refractivity contribution in [2.75, 3.05) is 13.2 Å². The van der Waals surface area contributed by atoms with Crippen molar-refractivity contribution in [2.24, 2.45) is 0 Å². The number of ether oxygens (including phenoxy) is 3. The van der Waals surface area contributed by atoms with Gasteiger partial charge in [0.15, 0.2) is 6.10 Å². The van der Waals surface area contributed by atoms with Gasteiger partial charge in [-0.1, -0.05) is 47.5 Å². The summed E-state index contributed by atoms with van der Waals surface area (Å²) in [5.41, 5.74) is 0.929. The second-order valence-corrected chi connectivity index (χ2v) is 6.57. The van der Waals surface area contributed by atoms with Gasteiger partial charge < -0.3 is 14.2 Å². The Labute approximate surface area is 164 Å². The first-order chi connectivity index (χ1) is 12.9. The molecule has 0 fully saturated rings. The molecule has 0 aliphatic carbocycles. The average Bonchev–Trinajstić information content (AvgIpc) is 2.63. The summed E-state index contributed by atoms with van der Waals surface area (Å²) in [6, 6.07) is 9.62. The fraction of sp³-hybridized carbons (Fsp3) is 0.211. The van der Waals surface area contributed by atoms with Crippen LogP contribution in [-0.4, -0.2) is 37.2 Å². The normalized spacial score (nSPS) is 14.9. The van der Waals surface area contributed by atoms with Crippen LogP contribution in [0.1, 0.15) is 27.6 Å². The van der Waals surface area contributed by atoms with Crippen molar-refractivity contribution in [3.05, 3.63) is 57.6 Å². The van der Waals surface area contributed by atoms with Gasteiger partial charge in [-0.3, -0.25) is 4.79 Å². The summed E-state index contributed by atoms with van der Waals surface area (Å²) in [5, 5.41) is 0.306. The lowest BCUT2D eigenvalue weighted by Crippen LogP contribution is -2.30. The molecule has 0 N–H and O–H groups in total. The zero-order valence-corrected chi connectivity index (χ0v) is 15.7. The van der Waals surface area contributed by atoms with Gasteiger partial charge in [-0.15, -0.1) is 0 Å². The Balaban J connectivity index is 2.18. The molecule has 0 aromatic heterocycles. The maximum atomic E-state index is 12.7. The van der Waals surface area contributed by atoms with Crippen LogP contribution in [0.15, 0.2) is 36.4 Å². The molecule has 140 valence electrons. The molecule has 0 atom stereocenters. The van der Waals surface area contributed by atoms with E-state index < -0.39 is 24.0 Å². The highest BCUT2D eigenvalue weighted by atomic mass is 35.5. The van der Waals surface area contributed by atoms with E-state index in [1.54, 1.807) is 24.3 Å². The van der Waals surface area contributed by atoms with Crippen molar-refractivity contribution in [3.8, 4) is 11.1 Å². The quantitative estimate of drug-likeness (QED) is 0.525. The standard InChI is InChI=1S/C19H14Cl2O6/c1-10(22)27-11-8-25-18(23)16-12(4-2-6-14(16)20)13-5-3-7-15(21)17(13)19(24)26-9-11/h2-7,11H,8-9H2,1H3. The predicted octanol–water partition coefficient (Wildman–Crippen LogP) is 3.92. The average molecular weight is 409 g/mol. The molecule has 3 rings (SSSR count). The van der Waals surface area contributed by atoms with Crippen molar-refractivity contribution in [3.63, 3.8) is 0 Å². The van der Waals surface area contributed by atoms with Crippen LogP contribution in [-0.2, 0) is 19.0 Å². The van der Waals surface area contributed by atoms with Crippen molar-refractivity contribution in [1.29, 1.82) is 0 Å². The number of carbonyl (C=O) groups is 3. The smallest absolute Gasteiger partial charge is 0.340 e. The summed E-state index contributed by atoms with van der Waals surface area (Å²) in [5.74, 6) is -2.03. The lowest BCUT2D eigenvalue weighted by molar-refractivity contribution is -0.151. The maximum Gasteiger partial charge on any atom is 0.340 e. The predicted molar refractivity (Wildman–Crippen MR) is 98.0 cm³/mol.